The van der Waals surface area contributed by atoms with Crippen molar-refractivity contribution in [1.82, 2.24) is 20.4 Å². The van der Waals surface area contributed by atoms with E-state index < -0.39 is 5.60 Å². The van der Waals surface area contributed by atoms with Crippen molar-refractivity contribution in [1.29, 1.82) is 0 Å². The van der Waals surface area contributed by atoms with Crippen LogP contribution in [-0.4, -0.2) is 34.6 Å². The molecule has 6 heteroatoms. The van der Waals surface area contributed by atoms with Gasteiger partial charge in [-0.15, -0.1) is 0 Å². The molecule has 0 atom stereocenters. The van der Waals surface area contributed by atoms with Crippen LogP contribution in [0.15, 0.2) is 6.20 Å². The van der Waals surface area contributed by atoms with E-state index >= 15 is 0 Å². The number of hydrogen-bond donors (Lipinski definition) is 2. The highest BCUT2D eigenvalue weighted by Crippen LogP contribution is 2.23. The summed E-state index contributed by atoms with van der Waals surface area (Å²) in [5, 5.41) is 10.6. The van der Waals surface area contributed by atoms with Crippen LogP contribution in [0.1, 0.15) is 52.8 Å². The molecule has 126 valence electrons. The molecule has 0 bridgehead atoms. The minimum absolute atomic E-state index is 0.0209. The van der Waals surface area contributed by atoms with E-state index in [-0.39, 0.29) is 11.5 Å². The Labute approximate surface area is 133 Å². The lowest BCUT2D eigenvalue weighted by Gasteiger charge is -2.20. The molecule has 6 nitrogen and oxygen atoms in total. The summed E-state index contributed by atoms with van der Waals surface area (Å²) >= 11 is 0. The fraction of sp³-hybridized carbons (Fsp3) is 0.750. The fourth-order valence-electron chi connectivity index (χ4n) is 2.09. The number of carbonyl (C=O) groups is 1. The molecule has 0 spiro atoms. The van der Waals surface area contributed by atoms with Crippen molar-refractivity contribution in [2.45, 2.75) is 59.1 Å². The molecule has 0 fully saturated rings. The molecule has 0 aliphatic rings. The molecule has 1 heterocycles. The highest BCUT2D eigenvalue weighted by atomic mass is 16.6. The molecule has 0 aliphatic heterocycles. The van der Waals surface area contributed by atoms with Crippen LogP contribution in [-0.2, 0) is 23.7 Å². The quantitative estimate of drug-likeness (QED) is 0.819. The predicted molar refractivity (Wildman–Crippen MR) is 87.9 cm³/mol. The lowest BCUT2D eigenvalue weighted by Crippen LogP contribution is -2.36. The zero-order chi connectivity index (χ0) is 17.0. The first-order chi connectivity index (χ1) is 9.99. The minimum atomic E-state index is -0.463. The van der Waals surface area contributed by atoms with E-state index in [0.717, 1.165) is 12.2 Å². The van der Waals surface area contributed by atoms with Gasteiger partial charge >= 0.3 is 6.09 Å². The molecule has 1 aromatic heterocycles. The number of amides is 1. The van der Waals surface area contributed by atoms with E-state index in [1.54, 1.807) is 0 Å². The number of nitrogens with zero attached hydrogens (tertiary/aromatic N) is 2. The van der Waals surface area contributed by atoms with Gasteiger partial charge in [0.15, 0.2) is 0 Å². The molecule has 1 amide bonds. The number of carbonyl (C=O) groups excluding carboxylic acids is 1. The second-order valence-electron chi connectivity index (χ2n) is 7.53. The van der Waals surface area contributed by atoms with E-state index in [4.69, 9.17) is 4.74 Å². The van der Waals surface area contributed by atoms with Gasteiger partial charge in [-0.05, 0) is 20.8 Å². The van der Waals surface area contributed by atoms with Crippen molar-refractivity contribution in [2.75, 3.05) is 13.1 Å². The van der Waals surface area contributed by atoms with Gasteiger partial charge in [-0.3, -0.25) is 4.68 Å². The Hall–Kier alpha value is -1.56. The molecular formula is C16H30N4O2. The summed E-state index contributed by atoms with van der Waals surface area (Å²) < 4.78 is 7.02. The number of rotatable bonds is 5. The van der Waals surface area contributed by atoms with E-state index in [2.05, 4.69) is 36.5 Å². The summed E-state index contributed by atoms with van der Waals surface area (Å²) in [6.45, 7) is 14.0. The van der Waals surface area contributed by atoms with Crippen molar-refractivity contribution >= 4 is 6.09 Å². The number of ether oxygens (including phenoxy) is 1. The molecule has 0 aromatic carbocycles. The van der Waals surface area contributed by atoms with Crippen LogP contribution in [0.25, 0.3) is 0 Å². The van der Waals surface area contributed by atoms with E-state index in [0.29, 0.717) is 13.1 Å². The van der Waals surface area contributed by atoms with Crippen LogP contribution >= 0.6 is 0 Å². The Balaban J connectivity index is 2.36. The zero-order valence-corrected chi connectivity index (χ0v) is 14.9. The third kappa shape index (κ3) is 6.47. The average molecular weight is 310 g/mol. The van der Waals surface area contributed by atoms with Crippen molar-refractivity contribution in [3.05, 3.63) is 17.5 Å². The van der Waals surface area contributed by atoms with Crippen LogP contribution in [0.3, 0.4) is 0 Å². The summed E-state index contributed by atoms with van der Waals surface area (Å²) in [6.07, 6.45) is 1.65. The molecule has 1 rings (SSSR count). The Morgan fingerprint density at radius 2 is 1.86 bits per heavy atom. The minimum Gasteiger partial charge on any atom is -0.444 e. The Bertz CT molecular complexity index is 495. The van der Waals surface area contributed by atoms with Gasteiger partial charge in [-0.2, -0.15) is 5.10 Å². The van der Waals surface area contributed by atoms with Crippen molar-refractivity contribution in [3.8, 4) is 0 Å². The normalized spacial score (nSPS) is 12.3. The lowest BCUT2D eigenvalue weighted by molar-refractivity contribution is 0.0528. The summed E-state index contributed by atoms with van der Waals surface area (Å²) in [7, 11) is 1.93. The summed E-state index contributed by atoms with van der Waals surface area (Å²) in [6, 6.07) is 0. The van der Waals surface area contributed by atoms with Gasteiger partial charge < -0.3 is 15.4 Å². The van der Waals surface area contributed by atoms with Gasteiger partial charge in [0.1, 0.15) is 5.60 Å². The number of alkyl carbamates (subject to hydrolysis) is 1. The second kappa shape index (κ2) is 7.13. The Kier molecular flexibility index (Phi) is 6.00. The smallest absolute Gasteiger partial charge is 0.407 e. The van der Waals surface area contributed by atoms with E-state index in [9.17, 15) is 4.79 Å². The summed E-state index contributed by atoms with van der Waals surface area (Å²) in [5.41, 5.74) is 1.84. The molecular weight excluding hydrogens is 280 g/mol. The summed E-state index contributed by atoms with van der Waals surface area (Å²) in [4.78, 5) is 11.5. The average Bonchev–Trinajstić information content (AvgIpc) is 2.67. The largest absolute Gasteiger partial charge is 0.444 e. The third-order valence-electron chi connectivity index (χ3n) is 2.90. The standard InChI is InChI=1S/C16H30N4O2/c1-15(2,3)13-12(11-20(7)19-13)10-17-8-9-18-14(21)22-16(4,5)6/h11,17H,8-10H2,1-7H3,(H,18,21). The first-order valence-electron chi connectivity index (χ1n) is 7.69. The number of aryl methyl sites for hydroxylation is 1. The fourth-order valence-corrected chi connectivity index (χ4v) is 2.09. The van der Waals surface area contributed by atoms with Crippen LogP contribution in [0.5, 0.6) is 0 Å². The third-order valence-corrected chi connectivity index (χ3v) is 2.90. The Morgan fingerprint density at radius 1 is 1.23 bits per heavy atom. The van der Waals surface area contributed by atoms with Gasteiger partial charge in [0, 0.05) is 43.9 Å². The number of hydrogen-bond acceptors (Lipinski definition) is 4. The molecule has 22 heavy (non-hydrogen) atoms. The van der Waals surface area contributed by atoms with Crippen LogP contribution < -0.4 is 10.6 Å². The highest BCUT2D eigenvalue weighted by molar-refractivity contribution is 5.67. The molecule has 0 aliphatic carbocycles. The highest BCUT2D eigenvalue weighted by Gasteiger charge is 2.21. The summed E-state index contributed by atoms with van der Waals surface area (Å²) in [5.74, 6) is 0. The maximum Gasteiger partial charge on any atom is 0.407 e. The van der Waals surface area contributed by atoms with Crippen molar-refractivity contribution in [2.24, 2.45) is 7.05 Å². The first-order valence-corrected chi connectivity index (χ1v) is 7.69. The van der Waals surface area contributed by atoms with Gasteiger partial charge in [-0.25, -0.2) is 4.79 Å². The van der Waals surface area contributed by atoms with Gasteiger partial charge in [0.05, 0.1) is 5.69 Å². The van der Waals surface area contributed by atoms with Crippen LogP contribution in [0, 0.1) is 0 Å². The van der Waals surface area contributed by atoms with Gasteiger partial charge in [0.2, 0.25) is 0 Å². The molecule has 0 saturated carbocycles. The molecule has 0 unspecified atom stereocenters. The van der Waals surface area contributed by atoms with E-state index in [1.165, 1.54) is 5.56 Å². The number of nitrogens with one attached hydrogen (secondary N) is 2. The monoisotopic (exact) mass is 310 g/mol. The van der Waals surface area contributed by atoms with Crippen LogP contribution in [0.4, 0.5) is 4.79 Å². The number of aromatic nitrogens is 2. The maximum atomic E-state index is 11.5. The van der Waals surface area contributed by atoms with Crippen molar-refractivity contribution < 1.29 is 9.53 Å². The van der Waals surface area contributed by atoms with Gasteiger partial charge in [0.25, 0.3) is 0 Å². The van der Waals surface area contributed by atoms with E-state index in [1.807, 2.05) is 38.7 Å². The second-order valence-corrected chi connectivity index (χ2v) is 7.53. The molecule has 0 saturated heterocycles. The van der Waals surface area contributed by atoms with Crippen molar-refractivity contribution in [3.63, 3.8) is 0 Å². The molecule has 0 radical (unpaired) electrons. The molecule has 2 N–H and O–H groups in total. The van der Waals surface area contributed by atoms with Crippen LogP contribution in [0.2, 0.25) is 0 Å². The first kappa shape index (κ1) is 18.5. The zero-order valence-electron chi connectivity index (χ0n) is 14.9. The van der Waals surface area contributed by atoms with Gasteiger partial charge in [-0.1, -0.05) is 20.8 Å². The topological polar surface area (TPSA) is 68.2 Å². The maximum absolute atomic E-state index is 11.5. The lowest BCUT2D eigenvalue weighted by atomic mass is 9.89. The SMILES string of the molecule is Cn1cc(CNCCNC(=O)OC(C)(C)C)c(C(C)(C)C)n1. The molecule has 1 aromatic rings. The predicted octanol–water partition coefficient (Wildman–Crippen LogP) is 2.33. The Morgan fingerprint density at radius 3 is 2.41 bits per heavy atom.